The van der Waals surface area contributed by atoms with Gasteiger partial charge in [-0.2, -0.15) is 0 Å². The van der Waals surface area contributed by atoms with Crippen molar-refractivity contribution in [3.8, 4) is 0 Å². The number of rotatable bonds is 1. The van der Waals surface area contributed by atoms with Crippen LogP contribution in [-0.2, 0) is 0 Å². The van der Waals surface area contributed by atoms with Crippen LogP contribution in [0.5, 0.6) is 0 Å². The second-order valence-corrected chi connectivity index (χ2v) is 9.60. The lowest BCUT2D eigenvalue weighted by atomic mass is 9.84. The van der Waals surface area contributed by atoms with Gasteiger partial charge in [0, 0.05) is 20.2 Å². The molecular weight excluding hydrogens is 280 g/mol. The zero-order chi connectivity index (χ0) is 16.0. The molecule has 0 spiro atoms. The maximum atomic E-state index is 2.41. The number of hydrogen-bond donors (Lipinski definition) is 0. The van der Waals surface area contributed by atoms with Gasteiger partial charge in [-0.3, -0.25) is 0 Å². The normalized spacial score (nSPS) is 27.3. The fourth-order valence-electron chi connectivity index (χ4n) is 4.12. The second-order valence-electron chi connectivity index (χ2n) is 7.02. The van der Waals surface area contributed by atoms with Gasteiger partial charge < -0.3 is 0 Å². The van der Waals surface area contributed by atoms with E-state index in [-0.39, 0.29) is 0 Å². The SMILES string of the molecule is CC1=CC2=CC=CC(=[Si](C)C)C(C)C2=C1C1=C(C)C=CC1C. The zero-order valence-corrected chi connectivity index (χ0v) is 15.6. The molecular formula is C21H26Si. The molecule has 2 atom stereocenters. The van der Waals surface area contributed by atoms with E-state index >= 15 is 0 Å². The lowest BCUT2D eigenvalue weighted by molar-refractivity contribution is 0.867. The maximum Gasteiger partial charge on any atom is 0.00826 e. The van der Waals surface area contributed by atoms with E-state index in [2.05, 4.69) is 77.2 Å². The molecule has 0 N–H and O–H groups in total. The fraction of sp³-hybridized carbons (Fsp3) is 0.381. The summed E-state index contributed by atoms with van der Waals surface area (Å²) in [5, 5.41) is 1.64. The van der Waals surface area contributed by atoms with E-state index in [1.807, 2.05) is 0 Å². The van der Waals surface area contributed by atoms with Crippen LogP contribution in [0.1, 0.15) is 27.7 Å². The van der Waals surface area contributed by atoms with Crippen LogP contribution in [0.3, 0.4) is 0 Å². The van der Waals surface area contributed by atoms with E-state index in [9.17, 15) is 0 Å². The van der Waals surface area contributed by atoms with Gasteiger partial charge in [-0.25, -0.2) is 0 Å². The molecule has 0 aromatic heterocycles. The molecule has 0 bridgehead atoms. The van der Waals surface area contributed by atoms with Crippen LogP contribution in [-0.4, -0.2) is 13.6 Å². The summed E-state index contributed by atoms with van der Waals surface area (Å²) in [7, 11) is -0.427. The molecule has 3 aliphatic carbocycles. The average molecular weight is 307 g/mol. The van der Waals surface area contributed by atoms with E-state index in [0.29, 0.717) is 11.8 Å². The quantitative estimate of drug-likeness (QED) is 0.568. The summed E-state index contributed by atoms with van der Waals surface area (Å²) in [4.78, 5) is 0. The highest BCUT2D eigenvalue weighted by Gasteiger charge is 2.31. The van der Waals surface area contributed by atoms with Gasteiger partial charge in [-0.15, -0.1) is 0 Å². The molecule has 0 heterocycles. The molecule has 0 amide bonds. The minimum absolute atomic E-state index is 0.427. The van der Waals surface area contributed by atoms with Crippen molar-refractivity contribution in [1.82, 2.24) is 0 Å². The van der Waals surface area contributed by atoms with Gasteiger partial charge in [-0.1, -0.05) is 68.6 Å². The van der Waals surface area contributed by atoms with Crippen molar-refractivity contribution in [3.05, 3.63) is 69.9 Å². The summed E-state index contributed by atoms with van der Waals surface area (Å²) in [5.74, 6) is 1.07. The summed E-state index contributed by atoms with van der Waals surface area (Å²) in [6.07, 6.45) is 14.0. The zero-order valence-electron chi connectivity index (χ0n) is 14.6. The number of hydrogen-bond acceptors (Lipinski definition) is 0. The van der Waals surface area contributed by atoms with E-state index < -0.39 is 8.41 Å². The first-order chi connectivity index (χ1) is 10.4. The summed E-state index contributed by atoms with van der Waals surface area (Å²) in [6, 6.07) is 0. The minimum Gasteiger partial charge on any atom is -0.0770 e. The smallest absolute Gasteiger partial charge is 0.00826 e. The first kappa shape index (κ1) is 15.4. The van der Waals surface area contributed by atoms with Crippen LogP contribution in [0.25, 0.3) is 0 Å². The van der Waals surface area contributed by atoms with Crippen LogP contribution in [0, 0.1) is 11.8 Å². The maximum absolute atomic E-state index is 2.41. The highest BCUT2D eigenvalue weighted by Crippen LogP contribution is 2.45. The Morgan fingerprint density at radius 2 is 1.73 bits per heavy atom. The Hall–Kier alpha value is -1.47. The third-order valence-corrected chi connectivity index (χ3v) is 6.91. The van der Waals surface area contributed by atoms with E-state index in [0.717, 1.165) is 0 Å². The predicted octanol–water partition coefficient (Wildman–Crippen LogP) is 5.41. The van der Waals surface area contributed by atoms with Gasteiger partial charge in [0.2, 0.25) is 0 Å². The lowest BCUT2D eigenvalue weighted by Crippen LogP contribution is -2.19. The Balaban J connectivity index is 2.24. The van der Waals surface area contributed by atoms with Crippen LogP contribution in [0.4, 0.5) is 0 Å². The third kappa shape index (κ3) is 2.32. The molecule has 0 radical (unpaired) electrons. The van der Waals surface area contributed by atoms with E-state index in [4.69, 9.17) is 0 Å². The summed E-state index contributed by atoms with van der Waals surface area (Å²) in [6.45, 7) is 14.1. The molecule has 0 aliphatic heterocycles. The largest absolute Gasteiger partial charge is 0.0770 e. The van der Waals surface area contributed by atoms with Crippen LogP contribution in [0.2, 0.25) is 13.1 Å². The standard InChI is InChI=1S/C21H26Si/c1-13-10-11-14(2)19(13)20-15(3)12-17-8-7-9-18(22(5)6)16(4)21(17)20/h7-13,16H,1-6H3. The van der Waals surface area contributed by atoms with Crippen LogP contribution >= 0.6 is 0 Å². The number of allylic oxidation sites excluding steroid dienone is 12. The molecule has 0 saturated heterocycles. The summed E-state index contributed by atoms with van der Waals surface area (Å²) in [5.41, 5.74) is 8.93. The van der Waals surface area contributed by atoms with Crippen molar-refractivity contribution in [3.63, 3.8) is 0 Å². The van der Waals surface area contributed by atoms with Crippen molar-refractivity contribution in [2.75, 3.05) is 0 Å². The molecule has 1 heteroatoms. The molecule has 114 valence electrons. The Bertz CT molecular complexity index is 741. The number of fused-ring (bicyclic) bond motifs is 1. The first-order valence-electron chi connectivity index (χ1n) is 8.30. The van der Waals surface area contributed by atoms with Crippen molar-refractivity contribution < 1.29 is 0 Å². The van der Waals surface area contributed by atoms with Gasteiger partial charge in [0.1, 0.15) is 0 Å². The van der Waals surface area contributed by atoms with Gasteiger partial charge >= 0.3 is 0 Å². The molecule has 0 nitrogen and oxygen atoms in total. The summed E-state index contributed by atoms with van der Waals surface area (Å²) >= 11 is 0. The third-order valence-electron chi connectivity index (χ3n) is 5.16. The van der Waals surface area contributed by atoms with Crippen LogP contribution in [0.15, 0.2) is 69.9 Å². The van der Waals surface area contributed by atoms with Crippen molar-refractivity contribution >= 4 is 13.6 Å². The van der Waals surface area contributed by atoms with E-state index in [1.54, 1.807) is 16.3 Å². The molecule has 0 saturated carbocycles. The monoisotopic (exact) mass is 306 g/mol. The Kier molecular flexibility index (Phi) is 3.94. The molecule has 3 rings (SSSR count). The van der Waals surface area contributed by atoms with Crippen molar-refractivity contribution in [1.29, 1.82) is 0 Å². The topological polar surface area (TPSA) is 0 Å². The highest BCUT2D eigenvalue weighted by molar-refractivity contribution is 6.71. The van der Waals surface area contributed by atoms with Crippen molar-refractivity contribution in [2.45, 2.75) is 40.8 Å². The van der Waals surface area contributed by atoms with Crippen molar-refractivity contribution in [2.24, 2.45) is 11.8 Å². The fourth-order valence-corrected chi connectivity index (χ4v) is 5.56. The van der Waals surface area contributed by atoms with Gasteiger partial charge in [0.15, 0.2) is 0 Å². The van der Waals surface area contributed by atoms with Gasteiger partial charge in [-0.05, 0) is 47.3 Å². The minimum atomic E-state index is -0.427. The average Bonchev–Trinajstić information content (AvgIpc) is 2.87. The van der Waals surface area contributed by atoms with E-state index in [1.165, 1.54) is 22.3 Å². The Labute approximate surface area is 136 Å². The lowest BCUT2D eigenvalue weighted by Gasteiger charge is -2.22. The molecule has 0 fully saturated rings. The molecule has 3 aliphatic rings. The molecule has 2 unspecified atom stereocenters. The summed E-state index contributed by atoms with van der Waals surface area (Å²) < 4.78 is 0. The van der Waals surface area contributed by atoms with Gasteiger partial charge in [0.25, 0.3) is 0 Å². The Morgan fingerprint density at radius 3 is 2.32 bits per heavy atom. The molecule has 0 aromatic carbocycles. The van der Waals surface area contributed by atoms with Gasteiger partial charge in [0.05, 0.1) is 0 Å². The van der Waals surface area contributed by atoms with Crippen LogP contribution < -0.4 is 0 Å². The second kappa shape index (κ2) is 5.62. The Morgan fingerprint density at radius 1 is 1.00 bits per heavy atom. The molecule has 0 aromatic rings. The molecule has 22 heavy (non-hydrogen) atoms. The predicted molar refractivity (Wildman–Crippen MR) is 101 cm³/mol. The first-order valence-corrected chi connectivity index (χ1v) is 10.8. The highest BCUT2D eigenvalue weighted by atomic mass is 28.2.